The topological polar surface area (TPSA) is 21.3 Å². The second-order valence-electron chi connectivity index (χ2n) is 4.74. The van der Waals surface area contributed by atoms with Gasteiger partial charge in [0, 0.05) is 6.04 Å². The highest BCUT2D eigenvalue weighted by Crippen LogP contribution is 2.35. The molecular formula is C16H17Cl2NO. The van der Waals surface area contributed by atoms with Crippen molar-refractivity contribution in [2.24, 2.45) is 0 Å². The smallest absolute Gasteiger partial charge is 0.146 e. The average Bonchev–Trinajstić information content (AvgIpc) is 2.42. The molecule has 106 valence electrons. The number of halogens is 2. The lowest BCUT2D eigenvalue weighted by molar-refractivity contribution is 0.482. The first-order valence-corrected chi connectivity index (χ1v) is 7.17. The third-order valence-electron chi connectivity index (χ3n) is 3.20. The summed E-state index contributed by atoms with van der Waals surface area (Å²) in [6.07, 6.45) is 0. The molecule has 0 saturated heterocycles. The van der Waals surface area contributed by atoms with Gasteiger partial charge < -0.3 is 10.1 Å². The molecule has 1 unspecified atom stereocenters. The minimum Gasteiger partial charge on any atom is -0.454 e. The lowest BCUT2D eigenvalue weighted by atomic mass is 10.1. The van der Waals surface area contributed by atoms with Gasteiger partial charge in [-0.15, -0.1) is 0 Å². The van der Waals surface area contributed by atoms with E-state index in [2.05, 4.69) is 12.2 Å². The standard InChI is InChI=1S/C16H17Cl2NO/c1-10-4-6-15(13(17)8-10)20-16-7-5-12(9-14(16)18)11(2)19-3/h4-9,11,19H,1-3H3. The molecule has 1 N–H and O–H groups in total. The first-order chi connectivity index (χ1) is 9.51. The van der Waals surface area contributed by atoms with Gasteiger partial charge in [0.15, 0.2) is 0 Å². The number of benzene rings is 2. The summed E-state index contributed by atoms with van der Waals surface area (Å²) in [6, 6.07) is 11.7. The maximum absolute atomic E-state index is 6.27. The summed E-state index contributed by atoms with van der Waals surface area (Å²) in [5.41, 5.74) is 2.20. The van der Waals surface area contributed by atoms with Crippen molar-refractivity contribution in [1.29, 1.82) is 0 Å². The van der Waals surface area contributed by atoms with E-state index in [9.17, 15) is 0 Å². The molecule has 1 atom stereocenters. The van der Waals surface area contributed by atoms with Crippen LogP contribution in [0.2, 0.25) is 10.0 Å². The Labute approximate surface area is 129 Å². The molecule has 2 nitrogen and oxygen atoms in total. The van der Waals surface area contributed by atoms with Crippen molar-refractivity contribution >= 4 is 23.2 Å². The van der Waals surface area contributed by atoms with Crippen LogP contribution in [0, 0.1) is 6.92 Å². The molecule has 20 heavy (non-hydrogen) atoms. The Balaban J connectivity index is 2.25. The van der Waals surface area contributed by atoms with Crippen molar-refractivity contribution in [2.75, 3.05) is 7.05 Å². The summed E-state index contributed by atoms with van der Waals surface area (Å²) in [5, 5.41) is 4.32. The molecule has 2 rings (SSSR count). The normalized spacial score (nSPS) is 12.2. The van der Waals surface area contributed by atoms with E-state index in [1.54, 1.807) is 0 Å². The molecule has 0 aliphatic rings. The molecule has 0 fully saturated rings. The van der Waals surface area contributed by atoms with Gasteiger partial charge >= 0.3 is 0 Å². The van der Waals surface area contributed by atoms with Crippen LogP contribution in [0.1, 0.15) is 24.1 Å². The zero-order chi connectivity index (χ0) is 14.7. The van der Waals surface area contributed by atoms with Crippen LogP contribution in [0.3, 0.4) is 0 Å². The molecule has 0 heterocycles. The van der Waals surface area contributed by atoms with Crippen molar-refractivity contribution in [3.8, 4) is 11.5 Å². The van der Waals surface area contributed by atoms with Crippen molar-refractivity contribution in [3.63, 3.8) is 0 Å². The van der Waals surface area contributed by atoms with E-state index < -0.39 is 0 Å². The lowest BCUT2D eigenvalue weighted by Crippen LogP contribution is -2.12. The van der Waals surface area contributed by atoms with Gasteiger partial charge in [0.05, 0.1) is 10.0 Å². The second-order valence-corrected chi connectivity index (χ2v) is 5.55. The summed E-state index contributed by atoms with van der Waals surface area (Å²) < 4.78 is 5.78. The zero-order valence-corrected chi connectivity index (χ0v) is 13.2. The number of hydrogen-bond acceptors (Lipinski definition) is 2. The molecule has 0 aromatic heterocycles. The molecule has 0 bridgehead atoms. The fourth-order valence-electron chi connectivity index (χ4n) is 1.84. The van der Waals surface area contributed by atoms with Gasteiger partial charge in [-0.3, -0.25) is 0 Å². The molecular weight excluding hydrogens is 293 g/mol. The second kappa shape index (κ2) is 6.49. The Hall–Kier alpha value is -1.22. The van der Waals surface area contributed by atoms with Crippen LogP contribution in [0.15, 0.2) is 36.4 Å². The molecule has 2 aromatic rings. The number of nitrogens with one attached hydrogen (secondary N) is 1. The number of rotatable bonds is 4. The first-order valence-electron chi connectivity index (χ1n) is 6.42. The predicted octanol–water partition coefficient (Wildman–Crippen LogP) is 5.37. The maximum Gasteiger partial charge on any atom is 0.146 e. The summed E-state index contributed by atoms with van der Waals surface area (Å²) >= 11 is 12.4. The van der Waals surface area contributed by atoms with Crippen LogP contribution >= 0.6 is 23.2 Å². The Morgan fingerprint density at radius 3 is 2.15 bits per heavy atom. The van der Waals surface area contributed by atoms with Crippen LogP contribution < -0.4 is 10.1 Å². The summed E-state index contributed by atoms with van der Waals surface area (Å²) in [6.45, 7) is 4.06. The largest absolute Gasteiger partial charge is 0.454 e. The van der Waals surface area contributed by atoms with E-state index in [1.165, 1.54) is 0 Å². The van der Waals surface area contributed by atoms with Gasteiger partial charge in [-0.05, 0) is 56.3 Å². The molecule has 0 aliphatic carbocycles. The molecule has 0 aliphatic heterocycles. The minimum atomic E-state index is 0.240. The SMILES string of the molecule is CNC(C)c1ccc(Oc2ccc(C)cc2Cl)c(Cl)c1. The fourth-order valence-corrected chi connectivity index (χ4v) is 2.34. The first kappa shape index (κ1) is 15.2. The predicted molar refractivity (Wildman–Crippen MR) is 85.2 cm³/mol. The average molecular weight is 310 g/mol. The number of hydrogen-bond donors (Lipinski definition) is 1. The van der Waals surface area contributed by atoms with E-state index in [0.717, 1.165) is 11.1 Å². The zero-order valence-electron chi connectivity index (χ0n) is 11.7. The van der Waals surface area contributed by atoms with Crippen LogP contribution in [0.25, 0.3) is 0 Å². The van der Waals surface area contributed by atoms with Gasteiger partial charge in [0.2, 0.25) is 0 Å². The van der Waals surface area contributed by atoms with E-state index in [4.69, 9.17) is 27.9 Å². The van der Waals surface area contributed by atoms with Crippen molar-refractivity contribution in [2.45, 2.75) is 19.9 Å². The van der Waals surface area contributed by atoms with Crippen molar-refractivity contribution < 1.29 is 4.74 Å². The highest BCUT2D eigenvalue weighted by molar-refractivity contribution is 6.33. The molecule has 0 radical (unpaired) electrons. The van der Waals surface area contributed by atoms with E-state index >= 15 is 0 Å². The van der Waals surface area contributed by atoms with Gasteiger partial charge in [-0.2, -0.15) is 0 Å². The Morgan fingerprint density at radius 2 is 1.60 bits per heavy atom. The molecule has 2 aromatic carbocycles. The van der Waals surface area contributed by atoms with Gasteiger partial charge in [0.25, 0.3) is 0 Å². The lowest BCUT2D eigenvalue weighted by Gasteiger charge is -2.14. The van der Waals surface area contributed by atoms with E-state index in [1.807, 2.05) is 50.4 Å². The quantitative estimate of drug-likeness (QED) is 0.819. The Morgan fingerprint density at radius 1 is 1.00 bits per heavy atom. The molecule has 0 amide bonds. The summed E-state index contributed by atoms with van der Waals surface area (Å²) in [7, 11) is 1.91. The third kappa shape index (κ3) is 3.45. The van der Waals surface area contributed by atoms with Gasteiger partial charge in [-0.1, -0.05) is 35.3 Å². The van der Waals surface area contributed by atoms with Crippen molar-refractivity contribution in [1.82, 2.24) is 5.32 Å². The van der Waals surface area contributed by atoms with Gasteiger partial charge in [0.1, 0.15) is 11.5 Å². The van der Waals surface area contributed by atoms with E-state index in [-0.39, 0.29) is 6.04 Å². The van der Waals surface area contributed by atoms with Crippen LogP contribution in [-0.4, -0.2) is 7.05 Å². The van der Waals surface area contributed by atoms with Crippen LogP contribution in [0.4, 0.5) is 0 Å². The van der Waals surface area contributed by atoms with E-state index in [0.29, 0.717) is 21.5 Å². The van der Waals surface area contributed by atoms with Gasteiger partial charge in [-0.25, -0.2) is 0 Å². The molecule has 0 spiro atoms. The van der Waals surface area contributed by atoms with Crippen LogP contribution in [0.5, 0.6) is 11.5 Å². The number of aryl methyl sites for hydroxylation is 1. The fraction of sp³-hybridized carbons (Fsp3) is 0.250. The van der Waals surface area contributed by atoms with Crippen LogP contribution in [-0.2, 0) is 0 Å². The van der Waals surface area contributed by atoms with Crippen molar-refractivity contribution in [3.05, 3.63) is 57.6 Å². The highest BCUT2D eigenvalue weighted by Gasteiger charge is 2.10. The summed E-state index contributed by atoms with van der Waals surface area (Å²) in [4.78, 5) is 0. The molecule has 4 heteroatoms. The number of ether oxygens (including phenoxy) is 1. The minimum absolute atomic E-state index is 0.240. The maximum atomic E-state index is 6.27. The monoisotopic (exact) mass is 309 g/mol. The summed E-state index contributed by atoms with van der Waals surface area (Å²) in [5.74, 6) is 1.21. The third-order valence-corrected chi connectivity index (χ3v) is 3.79. The Bertz CT molecular complexity index is 613. The highest BCUT2D eigenvalue weighted by atomic mass is 35.5. The molecule has 0 saturated carbocycles. The Kier molecular flexibility index (Phi) is 4.92.